The number of aromatic nitrogens is 4. The van der Waals surface area contributed by atoms with Crippen LogP contribution < -0.4 is 0 Å². The molecule has 2 aromatic rings. The Morgan fingerprint density at radius 1 is 1.33 bits per heavy atom. The van der Waals surface area contributed by atoms with Crippen molar-refractivity contribution in [1.82, 2.24) is 19.7 Å². The summed E-state index contributed by atoms with van der Waals surface area (Å²) in [6.45, 7) is 5.11. The normalized spacial score (nSPS) is 10.8. The Kier molecular flexibility index (Phi) is 4.77. The lowest BCUT2D eigenvalue weighted by Gasteiger charge is -2.04. The van der Waals surface area contributed by atoms with Crippen LogP contribution in [0.3, 0.4) is 0 Å². The fourth-order valence-electron chi connectivity index (χ4n) is 1.66. The van der Waals surface area contributed by atoms with Crippen LogP contribution in [0, 0.1) is 0 Å². The van der Waals surface area contributed by atoms with Crippen LogP contribution in [0.5, 0.6) is 0 Å². The SMILES string of the molecule is CCc1nn(CC)c(CSc2cnccn2)c1Br. The van der Waals surface area contributed by atoms with E-state index < -0.39 is 0 Å². The number of thioether (sulfide) groups is 1. The highest BCUT2D eigenvalue weighted by molar-refractivity contribution is 9.10. The molecule has 0 aliphatic heterocycles. The maximum Gasteiger partial charge on any atom is 0.115 e. The van der Waals surface area contributed by atoms with E-state index in [9.17, 15) is 0 Å². The molecule has 0 unspecified atom stereocenters. The second-order valence-corrected chi connectivity index (χ2v) is 5.50. The molecule has 18 heavy (non-hydrogen) atoms. The average molecular weight is 327 g/mol. The molecule has 96 valence electrons. The van der Waals surface area contributed by atoms with E-state index >= 15 is 0 Å². The van der Waals surface area contributed by atoms with Gasteiger partial charge in [-0.25, -0.2) is 4.98 Å². The lowest BCUT2D eigenvalue weighted by atomic mass is 10.3. The molecular formula is C12H15BrN4S. The molecular weight excluding hydrogens is 312 g/mol. The molecule has 0 aliphatic rings. The molecule has 0 atom stereocenters. The number of nitrogens with zero attached hydrogens (tertiary/aromatic N) is 4. The fourth-order valence-corrected chi connectivity index (χ4v) is 3.40. The van der Waals surface area contributed by atoms with Crippen molar-refractivity contribution in [1.29, 1.82) is 0 Å². The summed E-state index contributed by atoms with van der Waals surface area (Å²) < 4.78 is 3.18. The summed E-state index contributed by atoms with van der Waals surface area (Å²) in [6, 6.07) is 0. The van der Waals surface area contributed by atoms with Gasteiger partial charge in [0, 0.05) is 24.7 Å². The van der Waals surface area contributed by atoms with Crippen LogP contribution >= 0.6 is 27.7 Å². The molecule has 0 amide bonds. The number of aryl methyl sites for hydroxylation is 2. The number of halogens is 1. The topological polar surface area (TPSA) is 43.6 Å². The van der Waals surface area contributed by atoms with Crippen molar-refractivity contribution in [3.8, 4) is 0 Å². The van der Waals surface area contributed by atoms with E-state index in [1.165, 1.54) is 5.69 Å². The second kappa shape index (κ2) is 6.33. The van der Waals surface area contributed by atoms with Crippen molar-refractivity contribution in [2.75, 3.05) is 0 Å². The Labute approximate surface area is 119 Å². The second-order valence-electron chi connectivity index (χ2n) is 3.71. The molecule has 0 bridgehead atoms. The largest absolute Gasteiger partial charge is 0.268 e. The molecule has 2 aromatic heterocycles. The summed E-state index contributed by atoms with van der Waals surface area (Å²) in [5.41, 5.74) is 2.33. The van der Waals surface area contributed by atoms with Crippen LogP contribution in [-0.2, 0) is 18.7 Å². The van der Waals surface area contributed by atoms with Gasteiger partial charge in [-0.3, -0.25) is 9.67 Å². The molecule has 0 spiro atoms. The van der Waals surface area contributed by atoms with Crippen molar-refractivity contribution < 1.29 is 0 Å². The standard InChI is InChI=1S/C12H15BrN4S/c1-3-9-12(13)10(17(4-2)16-9)8-18-11-7-14-5-6-15-11/h5-7H,3-4,8H2,1-2H3. The Balaban J connectivity index is 2.16. The highest BCUT2D eigenvalue weighted by atomic mass is 79.9. The molecule has 0 N–H and O–H groups in total. The van der Waals surface area contributed by atoms with Crippen molar-refractivity contribution in [3.05, 3.63) is 34.5 Å². The minimum Gasteiger partial charge on any atom is -0.268 e. The fraction of sp³-hybridized carbons (Fsp3) is 0.417. The van der Waals surface area contributed by atoms with Gasteiger partial charge in [0.1, 0.15) is 5.03 Å². The Morgan fingerprint density at radius 2 is 2.17 bits per heavy atom. The Morgan fingerprint density at radius 3 is 2.78 bits per heavy atom. The summed E-state index contributed by atoms with van der Waals surface area (Å²) in [5.74, 6) is 0.847. The van der Waals surface area contributed by atoms with Gasteiger partial charge in [0.25, 0.3) is 0 Å². The third-order valence-corrected chi connectivity index (χ3v) is 4.43. The first-order valence-electron chi connectivity index (χ1n) is 5.89. The third kappa shape index (κ3) is 2.92. The van der Waals surface area contributed by atoms with Crippen molar-refractivity contribution >= 4 is 27.7 Å². The Hall–Kier alpha value is -0.880. The van der Waals surface area contributed by atoms with Gasteiger partial charge in [-0.15, -0.1) is 0 Å². The third-order valence-electron chi connectivity index (χ3n) is 2.59. The summed E-state index contributed by atoms with van der Waals surface area (Å²) in [5, 5.41) is 5.52. The summed E-state index contributed by atoms with van der Waals surface area (Å²) >= 11 is 5.32. The van der Waals surface area contributed by atoms with Gasteiger partial charge in [-0.1, -0.05) is 18.7 Å². The monoisotopic (exact) mass is 326 g/mol. The summed E-state index contributed by atoms with van der Waals surface area (Å²) in [6.07, 6.45) is 6.12. The van der Waals surface area contributed by atoms with E-state index in [0.29, 0.717) is 0 Å². The van der Waals surface area contributed by atoms with E-state index in [2.05, 4.69) is 44.8 Å². The van der Waals surface area contributed by atoms with Gasteiger partial charge >= 0.3 is 0 Å². The van der Waals surface area contributed by atoms with E-state index in [4.69, 9.17) is 0 Å². The number of rotatable bonds is 5. The number of hydrogen-bond donors (Lipinski definition) is 0. The van der Waals surface area contributed by atoms with Gasteiger partial charge in [-0.05, 0) is 29.3 Å². The molecule has 4 nitrogen and oxygen atoms in total. The van der Waals surface area contributed by atoms with E-state index in [1.54, 1.807) is 30.4 Å². The number of hydrogen-bond acceptors (Lipinski definition) is 4. The lowest BCUT2D eigenvalue weighted by molar-refractivity contribution is 0.627. The molecule has 2 rings (SSSR count). The predicted molar refractivity (Wildman–Crippen MR) is 76.6 cm³/mol. The first kappa shape index (κ1) is 13.5. The Bertz CT molecular complexity index is 512. The van der Waals surface area contributed by atoms with Crippen LogP contribution in [-0.4, -0.2) is 19.7 Å². The zero-order valence-electron chi connectivity index (χ0n) is 10.4. The van der Waals surface area contributed by atoms with Gasteiger partial charge in [-0.2, -0.15) is 5.10 Å². The molecule has 0 aliphatic carbocycles. The smallest absolute Gasteiger partial charge is 0.115 e. The van der Waals surface area contributed by atoms with Crippen molar-refractivity contribution in [3.63, 3.8) is 0 Å². The maximum atomic E-state index is 4.58. The van der Waals surface area contributed by atoms with E-state index in [0.717, 1.165) is 33.9 Å². The van der Waals surface area contributed by atoms with Gasteiger partial charge < -0.3 is 0 Å². The van der Waals surface area contributed by atoms with Crippen LogP contribution in [0.2, 0.25) is 0 Å². The first-order valence-corrected chi connectivity index (χ1v) is 7.67. The first-order chi connectivity index (χ1) is 8.76. The van der Waals surface area contributed by atoms with Crippen molar-refractivity contribution in [2.24, 2.45) is 0 Å². The van der Waals surface area contributed by atoms with E-state index in [1.807, 2.05) is 4.68 Å². The van der Waals surface area contributed by atoms with Gasteiger partial charge in [0.15, 0.2) is 0 Å². The molecule has 0 radical (unpaired) electrons. The molecule has 0 aromatic carbocycles. The van der Waals surface area contributed by atoms with Crippen LogP contribution in [0.1, 0.15) is 25.2 Å². The molecule has 0 saturated carbocycles. The minimum absolute atomic E-state index is 0.847. The zero-order chi connectivity index (χ0) is 13.0. The highest BCUT2D eigenvalue weighted by Gasteiger charge is 2.14. The lowest BCUT2D eigenvalue weighted by Crippen LogP contribution is -2.02. The quantitative estimate of drug-likeness (QED) is 0.790. The van der Waals surface area contributed by atoms with Crippen LogP contribution in [0.15, 0.2) is 28.1 Å². The van der Waals surface area contributed by atoms with Crippen molar-refractivity contribution in [2.45, 2.75) is 37.6 Å². The van der Waals surface area contributed by atoms with E-state index in [-0.39, 0.29) is 0 Å². The minimum atomic E-state index is 0.847. The average Bonchev–Trinajstić information content (AvgIpc) is 2.73. The molecule has 0 fully saturated rings. The highest BCUT2D eigenvalue weighted by Crippen LogP contribution is 2.28. The van der Waals surface area contributed by atoms with Gasteiger partial charge in [0.2, 0.25) is 0 Å². The van der Waals surface area contributed by atoms with Crippen LogP contribution in [0.25, 0.3) is 0 Å². The molecule has 0 saturated heterocycles. The summed E-state index contributed by atoms with van der Waals surface area (Å²) in [7, 11) is 0. The summed E-state index contributed by atoms with van der Waals surface area (Å²) in [4.78, 5) is 8.33. The zero-order valence-corrected chi connectivity index (χ0v) is 12.8. The maximum absolute atomic E-state index is 4.58. The molecule has 2 heterocycles. The molecule has 6 heteroatoms. The van der Waals surface area contributed by atoms with Gasteiger partial charge in [0.05, 0.1) is 22.1 Å². The van der Waals surface area contributed by atoms with Crippen LogP contribution in [0.4, 0.5) is 0 Å². The predicted octanol–water partition coefficient (Wildman–Crippen LogP) is 3.31.